The molecule has 2 aromatic rings. The third-order valence-corrected chi connectivity index (χ3v) is 5.70. The second kappa shape index (κ2) is 7.39. The predicted octanol–water partition coefficient (Wildman–Crippen LogP) is 5.07. The minimum Gasteiger partial charge on any atom is -0.326 e. The van der Waals surface area contributed by atoms with Crippen molar-refractivity contribution in [3.63, 3.8) is 0 Å². The number of hydrogen-bond acceptors (Lipinski definition) is 3. The topological polar surface area (TPSA) is 49.4 Å². The van der Waals surface area contributed by atoms with Gasteiger partial charge in [-0.2, -0.15) is 0 Å². The highest BCUT2D eigenvalue weighted by molar-refractivity contribution is 8.00. The first-order valence-corrected chi connectivity index (χ1v) is 10.1. The Labute approximate surface area is 165 Å². The average Bonchev–Trinajstić information content (AvgIpc) is 2.95. The molecule has 1 aliphatic heterocycles. The van der Waals surface area contributed by atoms with E-state index in [1.807, 2.05) is 63.8 Å². The Morgan fingerprint density at radius 1 is 1.07 bits per heavy atom. The van der Waals surface area contributed by atoms with Crippen LogP contribution >= 0.6 is 11.8 Å². The molecule has 1 unspecified atom stereocenters. The van der Waals surface area contributed by atoms with Crippen LogP contribution in [-0.4, -0.2) is 17.6 Å². The Bertz CT molecular complexity index is 849. The van der Waals surface area contributed by atoms with E-state index >= 15 is 0 Å². The molecule has 142 valence electrons. The molecule has 0 spiro atoms. The lowest BCUT2D eigenvalue weighted by Crippen LogP contribution is -2.28. The van der Waals surface area contributed by atoms with Crippen LogP contribution in [0.5, 0.6) is 0 Å². The van der Waals surface area contributed by atoms with Crippen molar-refractivity contribution in [3.8, 4) is 0 Å². The van der Waals surface area contributed by atoms with Crippen molar-refractivity contribution >= 4 is 35.0 Å². The number of aryl methyl sites for hydroxylation is 2. The van der Waals surface area contributed by atoms with Gasteiger partial charge in [0.1, 0.15) is 5.37 Å². The van der Waals surface area contributed by atoms with Crippen molar-refractivity contribution in [1.82, 2.24) is 0 Å². The molecule has 0 saturated carbocycles. The largest absolute Gasteiger partial charge is 0.326 e. The molecular formula is C22H26N2O2S. The maximum absolute atomic E-state index is 12.6. The first-order chi connectivity index (χ1) is 12.6. The molecule has 27 heavy (non-hydrogen) atoms. The molecule has 5 heteroatoms. The van der Waals surface area contributed by atoms with Gasteiger partial charge in [-0.05, 0) is 54.8 Å². The number of hydrogen-bond donors (Lipinski definition) is 1. The molecule has 1 atom stereocenters. The summed E-state index contributed by atoms with van der Waals surface area (Å²) in [6.07, 6.45) is 0. The van der Waals surface area contributed by atoms with Gasteiger partial charge in [0.05, 0.1) is 5.75 Å². The van der Waals surface area contributed by atoms with Gasteiger partial charge < -0.3 is 5.32 Å². The molecule has 2 aromatic carbocycles. The Morgan fingerprint density at radius 3 is 2.22 bits per heavy atom. The van der Waals surface area contributed by atoms with E-state index < -0.39 is 5.41 Å². The predicted molar refractivity (Wildman–Crippen MR) is 113 cm³/mol. The van der Waals surface area contributed by atoms with Gasteiger partial charge in [0, 0.05) is 16.8 Å². The van der Waals surface area contributed by atoms with Crippen LogP contribution in [0.3, 0.4) is 0 Å². The van der Waals surface area contributed by atoms with Gasteiger partial charge in [-0.3, -0.25) is 14.5 Å². The van der Waals surface area contributed by atoms with Crippen LogP contribution < -0.4 is 10.2 Å². The van der Waals surface area contributed by atoms with Gasteiger partial charge in [-0.15, -0.1) is 11.8 Å². The summed E-state index contributed by atoms with van der Waals surface area (Å²) in [5.74, 6) is 0.581. The number of nitrogens with zero attached hydrogens (tertiary/aromatic N) is 1. The summed E-state index contributed by atoms with van der Waals surface area (Å²) in [5.41, 5.74) is 4.62. The molecule has 4 nitrogen and oxygen atoms in total. The van der Waals surface area contributed by atoms with Gasteiger partial charge in [0.15, 0.2) is 0 Å². The van der Waals surface area contributed by atoms with Crippen molar-refractivity contribution < 1.29 is 9.59 Å². The van der Waals surface area contributed by atoms with Crippen LogP contribution in [-0.2, 0) is 9.59 Å². The van der Waals surface area contributed by atoms with E-state index in [-0.39, 0.29) is 17.2 Å². The number of anilines is 2. The highest BCUT2D eigenvalue weighted by Crippen LogP contribution is 2.42. The Morgan fingerprint density at radius 2 is 1.67 bits per heavy atom. The van der Waals surface area contributed by atoms with E-state index in [1.54, 1.807) is 11.8 Å². The van der Waals surface area contributed by atoms with E-state index in [4.69, 9.17) is 0 Å². The SMILES string of the molecule is Cc1cc(C)cc(N2C(=O)CSC2c2ccc(NC(=O)C(C)(C)C)cc2)c1. The third-order valence-electron chi connectivity index (χ3n) is 4.49. The Kier molecular flexibility index (Phi) is 5.33. The smallest absolute Gasteiger partial charge is 0.238 e. The molecular weight excluding hydrogens is 356 g/mol. The molecule has 0 aliphatic carbocycles. The zero-order valence-electron chi connectivity index (χ0n) is 16.5. The van der Waals surface area contributed by atoms with Crippen LogP contribution in [0.1, 0.15) is 42.8 Å². The number of amides is 2. The number of carbonyl (C=O) groups excluding carboxylic acids is 2. The number of nitrogens with one attached hydrogen (secondary N) is 1. The van der Waals surface area contributed by atoms with Gasteiger partial charge >= 0.3 is 0 Å². The summed E-state index contributed by atoms with van der Waals surface area (Å²) in [5, 5.41) is 2.89. The van der Waals surface area contributed by atoms with Crippen LogP contribution in [0.2, 0.25) is 0 Å². The van der Waals surface area contributed by atoms with Crippen LogP contribution in [0.25, 0.3) is 0 Å². The van der Waals surface area contributed by atoms with E-state index in [9.17, 15) is 9.59 Å². The normalized spacial score (nSPS) is 17.3. The maximum atomic E-state index is 12.6. The number of carbonyl (C=O) groups is 2. The fourth-order valence-corrected chi connectivity index (χ4v) is 4.27. The molecule has 1 heterocycles. The van der Waals surface area contributed by atoms with E-state index in [2.05, 4.69) is 23.5 Å². The van der Waals surface area contributed by atoms with Gasteiger partial charge in [0.2, 0.25) is 11.8 Å². The molecule has 1 aliphatic rings. The summed E-state index contributed by atoms with van der Waals surface area (Å²) in [4.78, 5) is 26.6. The highest BCUT2D eigenvalue weighted by atomic mass is 32.2. The monoisotopic (exact) mass is 382 g/mol. The maximum Gasteiger partial charge on any atom is 0.238 e. The molecule has 1 fully saturated rings. The standard InChI is InChI=1S/C22H26N2O2S/c1-14-10-15(2)12-18(11-14)24-19(25)13-27-20(24)16-6-8-17(9-7-16)23-21(26)22(3,4)5/h6-12,20H,13H2,1-5H3,(H,23,26). The Balaban J connectivity index is 1.84. The minimum atomic E-state index is -0.438. The summed E-state index contributed by atoms with van der Waals surface area (Å²) >= 11 is 1.63. The number of thioether (sulfide) groups is 1. The summed E-state index contributed by atoms with van der Waals surface area (Å²) in [6, 6.07) is 14.0. The van der Waals surface area contributed by atoms with E-state index in [0.717, 1.165) is 28.1 Å². The van der Waals surface area contributed by atoms with Crippen molar-refractivity contribution in [2.45, 2.75) is 40.0 Å². The zero-order chi connectivity index (χ0) is 19.8. The fourth-order valence-electron chi connectivity index (χ4n) is 3.09. The molecule has 1 saturated heterocycles. The van der Waals surface area contributed by atoms with Crippen LogP contribution in [0.15, 0.2) is 42.5 Å². The highest BCUT2D eigenvalue weighted by Gasteiger charge is 2.34. The average molecular weight is 383 g/mol. The lowest BCUT2D eigenvalue weighted by Gasteiger charge is -2.25. The summed E-state index contributed by atoms with van der Waals surface area (Å²) < 4.78 is 0. The summed E-state index contributed by atoms with van der Waals surface area (Å²) in [7, 11) is 0. The quantitative estimate of drug-likeness (QED) is 0.806. The van der Waals surface area contributed by atoms with E-state index in [0.29, 0.717) is 5.75 Å². The van der Waals surface area contributed by atoms with Crippen molar-refractivity contribution in [1.29, 1.82) is 0 Å². The summed E-state index contributed by atoms with van der Waals surface area (Å²) in [6.45, 7) is 9.76. The van der Waals surface area contributed by atoms with Crippen molar-refractivity contribution in [2.75, 3.05) is 16.0 Å². The fraction of sp³-hybridized carbons (Fsp3) is 0.364. The first kappa shape index (κ1) is 19.5. The zero-order valence-corrected chi connectivity index (χ0v) is 17.3. The molecule has 1 N–H and O–H groups in total. The molecule has 0 radical (unpaired) electrons. The lowest BCUT2D eigenvalue weighted by atomic mass is 9.95. The second-order valence-corrected chi connectivity index (χ2v) is 9.17. The molecule has 0 bridgehead atoms. The number of benzene rings is 2. The molecule has 0 aromatic heterocycles. The first-order valence-electron chi connectivity index (χ1n) is 9.08. The van der Waals surface area contributed by atoms with E-state index in [1.165, 1.54) is 0 Å². The van der Waals surface area contributed by atoms with Crippen LogP contribution in [0.4, 0.5) is 11.4 Å². The Hall–Kier alpha value is -2.27. The minimum absolute atomic E-state index is 0.0162. The number of rotatable bonds is 3. The van der Waals surface area contributed by atoms with Gasteiger partial charge in [-0.25, -0.2) is 0 Å². The lowest BCUT2D eigenvalue weighted by molar-refractivity contribution is -0.123. The van der Waals surface area contributed by atoms with Gasteiger partial charge in [0.25, 0.3) is 0 Å². The second-order valence-electron chi connectivity index (χ2n) is 8.10. The molecule has 3 rings (SSSR count). The van der Waals surface area contributed by atoms with Crippen LogP contribution in [0, 0.1) is 19.3 Å². The van der Waals surface area contributed by atoms with Crippen molar-refractivity contribution in [3.05, 3.63) is 59.2 Å². The molecule has 2 amide bonds. The van der Waals surface area contributed by atoms with Crippen molar-refractivity contribution in [2.24, 2.45) is 5.41 Å². The van der Waals surface area contributed by atoms with Gasteiger partial charge in [-0.1, -0.05) is 39.0 Å². The third kappa shape index (κ3) is 4.35.